The van der Waals surface area contributed by atoms with E-state index in [4.69, 9.17) is 14.2 Å². The summed E-state index contributed by atoms with van der Waals surface area (Å²) in [5.74, 6) is -1.44. The lowest BCUT2D eigenvalue weighted by Gasteiger charge is -2.31. The number of esters is 2. The molecule has 8 nitrogen and oxygen atoms in total. The molecule has 2 unspecified atom stereocenters. The van der Waals surface area contributed by atoms with Crippen LogP contribution < -0.4 is 0 Å². The summed E-state index contributed by atoms with van der Waals surface area (Å²) < 4.78 is 17.4. The van der Waals surface area contributed by atoms with Crippen molar-refractivity contribution in [3.8, 4) is 0 Å². The number of nitrogens with zero attached hydrogens (tertiary/aromatic N) is 1. The molecule has 0 spiro atoms. The van der Waals surface area contributed by atoms with Gasteiger partial charge in [0, 0.05) is 19.3 Å². The van der Waals surface area contributed by atoms with Gasteiger partial charge in [0.1, 0.15) is 6.61 Å². The number of rotatable bonds is 56. The Labute approximate surface area is 429 Å². The Kier molecular flexibility index (Phi) is 50.9. The molecule has 0 aromatic heterocycles. The number of hydrogen-bond donors (Lipinski definition) is 1. The second kappa shape index (κ2) is 52.4. The molecule has 0 fully saturated rings. The van der Waals surface area contributed by atoms with Crippen LogP contribution in [0.25, 0.3) is 0 Å². The summed E-state index contributed by atoms with van der Waals surface area (Å²) in [5, 5.41) is 9.69. The standard InChI is InChI=1S/C61H117NO7/c1-6-8-10-12-14-16-18-20-22-24-26-28-30-32-34-36-38-40-42-44-46-48-50-52-60(64)69-57(55-67-54-53-58(61(65)66)62(3,4)5)56-68-59(63)51-49-47-45-43-41-39-37-35-33-31-29-27-25-23-21-19-17-15-13-11-9-7-2/h31,33,57-58H,6-30,32,34-56H2,1-5H3/p+1/b33-31+. The molecule has 0 bridgehead atoms. The van der Waals surface area contributed by atoms with Crippen LogP contribution in [0.1, 0.15) is 309 Å². The van der Waals surface area contributed by atoms with E-state index in [-0.39, 0.29) is 36.2 Å². The lowest BCUT2D eigenvalue weighted by Crippen LogP contribution is -2.50. The number of hydrogen-bond acceptors (Lipinski definition) is 6. The molecule has 0 rings (SSSR count). The number of unbranched alkanes of at least 4 members (excludes halogenated alkanes) is 40. The average molecular weight is 978 g/mol. The monoisotopic (exact) mass is 977 g/mol. The smallest absolute Gasteiger partial charge is 0.362 e. The first-order chi connectivity index (χ1) is 33.6. The van der Waals surface area contributed by atoms with Crippen LogP contribution in [-0.2, 0) is 28.6 Å². The van der Waals surface area contributed by atoms with Crippen LogP contribution in [0.4, 0.5) is 0 Å². The van der Waals surface area contributed by atoms with Crippen molar-refractivity contribution < 1.29 is 38.2 Å². The van der Waals surface area contributed by atoms with Gasteiger partial charge in [-0.1, -0.05) is 264 Å². The molecule has 0 heterocycles. The Morgan fingerprint density at radius 1 is 0.420 bits per heavy atom. The summed E-state index contributed by atoms with van der Waals surface area (Å²) in [6, 6.07) is -0.612. The van der Waals surface area contributed by atoms with Gasteiger partial charge < -0.3 is 23.8 Å². The quantitative estimate of drug-likeness (QED) is 0.0280. The second-order valence-corrected chi connectivity index (χ2v) is 22.0. The third kappa shape index (κ3) is 50.8. The number of carboxylic acids is 1. The van der Waals surface area contributed by atoms with E-state index in [9.17, 15) is 19.5 Å². The number of carbonyl (C=O) groups excluding carboxylic acids is 2. The summed E-state index contributed by atoms with van der Waals surface area (Å²) in [4.78, 5) is 37.3. The summed E-state index contributed by atoms with van der Waals surface area (Å²) in [7, 11) is 5.56. The van der Waals surface area contributed by atoms with Gasteiger partial charge in [0.05, 0.1) is 34.4 Å². The predicted octanol–water partition coefficient (Wildman–Crippen LogP) is 18.2. The average Bonchev–Trinajstić information content (AvgIpc) is 3.31. The minimum absolute atomic E-state index is 0.0462. The highest BCUT2D eigenvalue weighted by molar-refractivity contribution is 5.72. The van der Waals surface area contributed by atoms with Gasteiger partial charge in [-0.05, 0) is 38.5 Å². The maximum absolute atomic E-state index is 12.9. The Hall–Kier alpha value is -1.93. The topological polar surface area (TPSA) is 99.1 Å². The highest BCUT2D eigenvalue weighted by atomic mass is 16.6. The molecule has 69 heavy (non-hydrogen) atoms. The first-order valence-electron chi connectivity index (χ1n) is 30.2. The first kappa shape index (κ1) is 67.1. The molecule has 0 saturated heterocycles. The van der Waals surface area contributed by atoms with Gasteiger partial charge in [-0.25, -0.2) is 4.79 Å². The van der Waals surface area contributed by atoms with Gasteiger partial charge in [0.15, 0.2) is 12.1 Å². The number of quaternary nitrogens is 1. The van der Waals surface area contributed by atoms with Crippen molar-refractivity contribution in [3.05, 3.63) is 12.2 Å². The maximum atomic E-state index is 12.9. The molecule has 0 aliphatic carbocycles. The molecule has 0 saturated carbocycles. The van der Waals surface area contributed by atoms with Gasteiger partial charge in [-0.2, -0.15) is 0 Å². The number of carbonyl (C=O) groups is 3. The lowest BCUT2D eigenvalue weighted by molar-refractivity contribution is -0.887. The van der Waals surface area contributed by atoms with Crippen LogP contribution in [0.5, 0.6) is 0 Å². The van der Waals surface area contributed by atoms with Gasteiger partial charge in [0.25, 0.3) is 0 Å². The molecule has 408 valence electrons. The molecule has 8 heteroatoms. The molecular weight excluding hydrogens is 859 g/mol. The molecule has 1 N–H and O–H groups in total. The van der Waals surface area contributed by atoms with Gasteiger partial charge in [-0.15, -0.1) is 0 Å². The van der Waals surface area contributed by atoms with Crippen LogP contribution in [-0.4, -0.2) is 80.6 Å². The van der Waals surface area contributed by atoms with E-state index in [2.05, 4.69) is 26.0 Å². The number of likely N-dealkylation sites (N-methyl/N-ethyl adjacent to an activating group) is 1. The molecule has 0 aromatic carbocycles. The molecule has 0 amide bonds. The van der Waals surface area contributed by atoms with E-state index in [0.29, 0.717) is 19.3 Å². The predicted molar refractivity (Wildman–Crippen MR) is 294 cm³/mol. The minimum Gasteiger partial charge on any atom is -0.477 e. The number of aliphatic carboxylic acids is 1. The fourth-order valence-corrected chi connectivity index (χ4v) is 9.50. The van der Waals surface area contributed by atoms with E-state index in [0.717, 1.165) is 38.5 Å². The van der Waals surface area contributed by atoms with E-state index < -0.39 is 18.1 Å². The zero-order valence-corrected chi connectivity index (χ0v) is 46.8. The molecule has 0 aliphatic rings. The van der Waals surface area contributed by atoms with Crippen LogP contribution >= 0.6 is 0 Å². The summed E-state index contributed by atoms with van der Waals surface area (Å²) >= 11 is 0. The van der Waals surface area contributed by atoms with Crippen LogP contribution in [0.15, 0.2) is 12.2 Å². The third-order valence-corrected chi connectivity index (χ3v) is 14.2. The van der Waals surface area contributed by atoms with Gasteiger partial charge in [0.2, 0.25) is 0 Å². The summed E-state index contributed by atoms with van der Waals surface area (Å²) in [6.45, 7) is 4.81. The molecule has 0 aromatic rings. The van der Waals surface area contributed by atoms with E-state index in [1.807, 2.05) is 21.1 Å². The van der Waals surface area contributed by atoms with E-state index in [1.54, 1.807) is 0 Å². The fourth-order valence-electron chi connectivity index (χ4n) is 9.50. The first-order valence-corrected chi connectivity index (χ1v) is 30.2. The highest BCUT2D eigenvalue weighted by Gasteiger charge is 2.31. The largest absolute Gasteiger partial charge is 0.477 e. The van der Waals surface area contributed by atoms with E-state index in [1.165, 1.54) is 238 Å². The summed E-state index contributed by atoms with van der Waals surface area (Å²) in [5.41, 5.74) is 0. The SMILES string of the molecule is CCCCCCCCCCCCC/C=C/CCCCCCCCCC(=O)OCC(COCCC(C(=O)O)[N+](C)(C)C)OC(=O)CCCCCCCCCCCCCCCCCCCCCCCCC. The Morgan fingerprint density at radius 3 is 1.04 bits per heavy atom. The van der Waals surface area contributed by atoms with Crippen molar-refractivity contribution in [2.75, 3.05) is 41.0 Å². The number of ether oxygens (including phenoxy) is 3. The normalized spacial score (nSPS) is 12.8. The van der Waals surface area contributed by atoms with Crippen molar-refractivity contribution in [3.63, 3.8) is 0 Å². The molecule has 0 radical (unpaired) electrons. The third-order valence-electron chi connectivity index (χ3n) is 14.2. The van der Waals surface area contributed by atoms with Gasteiger partial charge in [-0.3, -0.25) is 9.59 Å². The number of carboxylic acid groups (broad SMARTS) is 1. The van der Waals surface area contributed by atoms with Crippen molar-refractivity contribution >= 4 is 17.9 Å². The Morgan fingerprint density at radius 2 is 0.725 bits per heavy atom. The maximum Gasteiger partial charge on any atom is 0.362 e. The lowest BCUT2D eigenvalue weighted by atomic mass is 10.0. The Balaban J connectivity index is 4.10. The molecule has 0 aliphatic heterocycles. The Bertz CT molecular complexity index is 1140. The summed E-state index contributed by atoms with van der Waals surface area (Å²) in [6.07, 6.45) is 61.4. The fraction of sp³-hybridized carbons (Fsp3) is 0.918. The van der Waals surface area contributed by atoms with Crippen LogP contribution in [0.3, 0.4) is 0 Å². The van der Waals surface area contributed by atoms with Crippen molar-refractivity contribution in [2.24, 2.45) is 0 Å². The van der Waals surface area contributed by atoms with Crippen molar-refractivity contribution in [2.45, 2.75) is 321 Å². The molecular formula is C61H118NO7+. The molecule has 2 atom stereocenters. The van der Waals surface area contributed by atoms with Gasteiger partial charge >= 0.3 is 17.9 Å². The number of allylic oxidation sites excluding steroid dienone is 2. The van der Waals surface area contributed by atoms with E-state index >= 15 is 0 Å². The second-order valence-electron chi connectivity index (χ2n) is 22.0. The minimum atomic E-state index is -0.869. The van der Waals surface area contributed by atoms with Crippen LogP contribution in [0.2, 0.25) is 0 Å². The van der Waals surface area contributed by atoms with Crippen molar-refractivity contribution in [1.29, 1.82) is 0 Å². The van der Waals surface area contributed by atoms with Crippen LogP contribution in [0, 0.1) is 0 Å². The zero-order valence-electron chi connectivity index (χ0n) is 46.8. The zero-order chi connectivity index (χ0) is 50.6. The highest BCUT2D eigenvalue weighted by Crippen LogP contribution is 2.18. The van der Waals surface area contributed by atoms with Crippen molar-refractivity contribution in [1.82, 2.24) is 0 Å².